The van der Waals surface area contributed by atoms with Gasteiger partial charge in [0, 0.05) is 12.6 Å². The van der Waals surface area contributed by atoms with Gasteiger partial charge in [0.15, 0.2) is 0 Å². The molecule has 112 valence electrons. The van der Waals surface area contributed by atoms with E-state index in [-0.39, 0.29) is 5.75 Å². The number of hydrogen-bond donors (Lipinski definition) is 3. The summed E-state index contributed by atoms with van der Waals surface area (Å²) in [6.07, 6.45) is 0.724. The monoisotopic (exact) mass is 284 g/mol. The average molecular weight is 284 g/mol. The number of amides is 2. The fourth-order valence-corrected chi connectivity index (χ4v) is 1.60. The van der Waals surface area contributed by atoms with E-state index in [9.17, 15) is 14.3 Å². The second kappa shape index (κ2) is 8.37. The Balaban J connectivity index is 2.52. The zero-order valence-corrected chi connectivity index (χ0v) is 11.8. The normalized spacial score (nSPS) is 11.8. The van der Waals surface area contributed by atoms with E-state index >= 15 is 0 Å². The van der Waals surface area contributed by atoms with E-state index < -0.39 is 18.0 Å². The molecular weight excluding hydrogens is 263 g/mol. The van der Waals surface area contributed by atoms with Crippen molar-refractivity contribution < 1.29 is 19.0 Å². The van der Waals surface area contributed by atoms with Gasteiger partial charge in [0.25, 0.3) is 0 Å². The summed E-state index contributed by atoms with van der Waals surface area (Å²) < 4.78 is 18.4. The minimum absolute atomic E-state index is 0.288. The highest BCUT2D eigenvalue weighted by Gasteiger charge is 2.09. The minimum Gasteiger partial charge on any atom is -0.492 e. The first kappa shape index (κ1) is 16.2. The molecule has 0 aromatic heterocycles. The number of nitrogens with one attached hydrogen (secondary N) is 2. The molecule has 20 heavy (non-hydrogen) atoms. The lowest BCUT2D eigenvalue weighted by Crippen LogP contribution is -2.31. The summed E-state index contributed by atoms with van der Waals surface area (Å²) in [4.78, 5) is 11.7. The molecule has 0 heterocycles. The summed E-state index contributed by atoms with van der Waals surface area (Å²) in [6, 6.07) is 3.50. The zero-order chi connectivity index (χ0) is 15.0. The third kappa shape index (κ3) is 5.44. The molecule has 1 aromatic rings. The predicted octanol–water partition coefficient (Wildman–Crippen LogP) is 2.51. The average Bonchev–Trinajstić information content (AvgIpc) is 2.42. The van der Waals surface area contributed by atoms with Crippen LogP contribution in [0, 0.1) is 5.82 Å². The zero-order valence-electron chi connectivity index (χ0n) is 11.8. The van der Waals surface area contributed by atoms with Gasteiger partial charge in [0.2, 0.25) is 0 Å². The lowest BCUT2D eigenvalue weighted by atomic mass is 10.2. The molecule has 0 bridgehead atoms. The van der Waals surface area contributed by atoms with Crippen LogP contribution >= 0.6 is 0 Å². The number of anilines is 1. The SMILES string of the molecule is CCOc1cc(F)ccc1NC(=O)NCCC(O)CC. The lowest BCUT2D eigenvalue weighted by Gasteiger charge is -2.13. The predicted molar refractivity (Wildman–Crippen MR) is 75.5 cm³/mol. The smallest absolute Gasteiger partial charge is 0.319 e. The maximum Gasteiger partial charge on any atom is 0.319 e. The van der Waals surface area contributed by atoms with Crippen LogP contribution in [0.25, 0.3) is 0 Å². The molecule has 1 atom stereocenters. The number of hydrogen-bond acceptors (Lipinski definition) is 3. The van der Waals surface area contributed by atoms with Crippen molar-refractivity contribution in [1.29, 1.82) is 0 Å². The Bertz CT molecular complexity index is 440. The van der Waals surface area contributed by atoms with Crippen LogP contribution in [0.1, 0.15) is 26.7 Å². The first-order valence-electron chi connectivity index (χ1n) is 6.72. The summed E-state index contributed by atoms with van der Waals surface area (Å²) in [6.45, 7) is 4.40. The second-order valence-electron chi connectivity index (χ2n) is 4.31. The number of ether oxygens (including phenoxy) is 1. The van der Waals surface area contributed by atoms with Gasteiger partial charge < -0.3 is 20.5 Å². The number of carbonyl (C=O) groups excluding carboxylic acids is 1. The summed E-state index contributed by atoms with van der Waals surface area (Å²) in [5, 5.41) is 14.6. The quantitative estimate of drug-likeness (QED) is 0.720. The summed E-state index contributed by atoms with van der Waals surface area (Å²) >= 11 is 0. The van der Waals surface area contributed by atoms with Crippen LogP contribution in [0.4, 0.5) is 14.9 Å². The number of aliphatic hydroxyl groups excluding tert-OH is 1. The van der Waals surface area contributed by atoms with Crippen LogP contribution in [-0.4, -0.2) is 30.4 Å². The van der Waals surface area contributed by atoms with E-state index in [1.54, 1.807) is 6.92 Å². The maximum atomic E-state index is 13.1. The van der Waals surface area contributed by atoms with Gasteiger partial charge in [0.1, 0.15) is 11.6 Å². The Labute approximate surface area is 118 Å². The van der Waals surface area contributed by atoms with Crippen LogP contribution in [-0.2, 0) is 0 Å². The number of carbonyl (C=O) groups is 1. The third-order valence-electron chi connectivity index (χ3n) is 2.73. The second-order valence-corrected chi connectivity index (χ2v) is 4.31. The van der Waals surface area contributed by atoms with Crippen molar-refractivity contribution in [2.75, 3.05) is 18.5 Å². The summed E-state index contributed by atoms with van der Waals surface area (Å²) in [5.74, 6) is -0.137. The van der Waals surface area contributed by atoms with Crippen molar-refractivity contribution >= 4 is 11.7 Å². The van der Waals surface area contributed by atoms with Crippen molar-refractivity contribution in [3.8, 4) is 5.75 Å². The maximum absolute atomic E-state index is 13.1. The van der Waals surface area contributed by atoms with Crippen molar-refractivity contribution in [3.05, 3.63) is 24.0 Å². The molecule has 5 nitrogen and oxygen atoms in total. The van der Waals surface area contributed by atoms with Gasteiger partial charge in [-0.3, -0.25) is 0 Å². The van der Waals surface area contributed by atoms with E-state index in [4.69, 9.17) is 4.74 Å². The van der Waals surface area contributed by atoms with Gasteiger partial charge in [-0.05, 0) is 31.9 Å². The summed E-state index contributed by atoms with van der Waals surface area (Å²) in [5.41, 5.74) is 0.404. The highest BCUT2D eigenvalue weighted by atomic mass is 19.1. The van der Waals surface area contributed by atoms with Crippen molar-refractivity contribution in [2.45, 2.75) is 32.8 Å². The van der Waals surface area contributed by atoms with Crippen molar-refractivity contribution in [1.82, 2.24) is 5.32 Å². The van der Waals surface area contributed by atoms with Crippen LogP contribution in [0.3, 0.4) is 0 Å². The van der Waals surface area contributed by atoms with E-state index in [1.165, 1.54) is 18.2 Å². The van der Waals surface area contributed by atoms with E-state index in [1.807, 2.05) is 6.92 Å². The first-order chi connectivity index (χ1) is 9.56. The number of benzene rings is 1. The molecule has 0 aliphatic rings. The van der Waals surface area contributed by atoms with Gasteiger partial charge in [-0.25, -0.2) is 9.18 Å². The highest BCUT2D eigenvalue weighted by molar-refractivity contribution is 5.90. The number of aliphatic hydroxyl groups is 1. The van der Waals surface area contributed by atoms with E-state index in [0.29, 0.717) is 31.7 Å². The number of urea groups is 1. The van der Waals surface area contributed by atoms with Gasteiger partial charge in [-0.2, -0.15) is 0 Å². The van der Waals surface area contributed by atoms with Crippen molar-refractivity contribution in [2.24, 2.45) is 0 Å². The molecule has 1 unspecified atom stereocenters. The summed E-state index contributed by atoms with van der Waals surface area (Å²) in [7, 11) is 0. The first-order valence-corrected chi connectivity index (χ1v) is 6.72. The molecule has 0 saturated heterocycles. The van der Waals surface area contributed by atoms with Gasteiger partial charge in [-0.15, -0.1) is 0 Å². The van der Waals surface area contributed by atoms with Crippen LogP contribution in [0.15, 0.2) is 18.2 Å². The Morgan fingerprint density at radius 2 is 2.20 bits per heavy atom. The molecule has 3 N–H and O–H groups in total. The molecule has 0 aliphatic carbocycles. The molecule has 6 heteroatoms. The van der Waals surface area contributed by atoms with E-state index in [2.05, 4.69) is 10.6 Å². The Hall–Kier alpha value is -1.82. The van der Waals surface area contributed by atoms with Crippen molar-refractivity contribution in [3.63, 3.8) is 0 Å². The molecule has 1 aromatic carbocycles. The molecule has 0 fully saturated rings. The molecule has 2 amide bonds. The van der Waals surface area contributed by atoms with Gasteiger partial charge in [0.05, 0.1) is 18.4 Å². The van der Waals surface area contributed by atoms with Gasteiger partial charge in [-0.1, -0.05) is 6.92 Å². The van der Waals surface area contributed by atoms with Crippen LogP contribution < -0.4 is 15.4 Å². The van der Waals surface area contributed by atoms with E-state index in [0.717, 1.165) is 0 Å². The topological polar surface area (TPSA) is 70.6 Å². The Morgan fingerprint density at radius 3 is 2.85 bits per heavy atom. The molecule has 0 saturated carbocycles. The van der Waals surface area contributed by atoms with Crippen LogP contribution in [0.5, 0.6) is 5.75 Å². The number of halogens is 1. The standard InChI is InChI=1S/C14H21FN2O3/c1-3-11(18)7-8-16-14(19)17-12-6-5-10(15)9-13(12)20-4-2/h5-6,9,11,18H,3-4,7-8H2,1-2H3,(H2,16,17,19). The third-order valence-corrected chi connectivity index (χ3v) is 2.73. The fourth-order valence-electron chi connectivity index (χ4n) is 1.60. The molecule has 0 spiro atoms. The van der Waals surface area contributed by atoms with Crippen LogP contribution in [0.2, 0.25) is 0 Å². The minimum atomic E-state index is -0.425. The highest BCUT2D eigenvalue weighted by Crippen LogP contribution is 2.25. The lowest BCUT2D eigenvalue weighted by molar-refractivity contribution is 0.160. The number of rotatable bonds is 7. The van der Waals surface area contributed by atoms with Gasteiger partial charge >= 0.3 is 6.03 Å². The molecule has 0 aliphatic heterocycles. The largest absolute Gasteiger partial charge is 0.492 e. The molecule has 0 radical (unpaired) electrons. The molecule has 1 rings (SSSR count). The Kier molecular flexibility index (Phi) is 6.79. The molecular formula is C14H21FN2O3. The Morgan fingerprint density at radius 1 is 1.45 bits per heavy atom. The fraction of sp³-hybridized carbons (Fsp3) is 0.500.